The Morgan fingerprint density at radius 1 is 1.24 bits per heavy atom. The van der Waals surface area contributed by atoms with Crippen LogP contribution in [0.15, 0.2) is 18.2 Å². The van der Waals surface area contributed by atoms with Crippen molar-refractivity contribution in [2.75, 3.05) is 13.2 Å². The van der Waals surface area contributed by atoms with E-state index >= 15 is 0 Å². The maximum Gasteiger partial charge on any atom is 0.0710 e. The Kier molecular flexibility index (Phi) is 3.85. The predicted molar refractivity (Wildman–Crippen MR) is 69.2 cm³/mol. The Bertz CT molecular complexity index is 377. The molecule has 0 aliphatic carbocycles. The van der Waals surface area contributed by atoms with Gasteiger partial charge in [0.15, 0.2) is 0 Å². The fraction of sp³-hybridized carbons (Fsp3) is 0.600. The first-order valence-corrected chi connectivity index (χ1v) is 6.45. The van der Waals surface area contributed by atoms with Crippen molar-refractivity contribution in [3.05, 3.63) is 34.9 Å². The third-order valence-corrected chi connectivity index (χ3v) is 3.67. The minimum absolute atomic E-state index is 0.574. The van der Waals surface area contributed by atoms with E-state index in [9.17, 15) is 5.11 Å². The van der Waals surface area contributed by atoms with E-state index in [-0.39, 0.29) is 0 Å². The molecule has 1 aliphatic heterocycles. The monoisotopic (exact) mass is 234 g/mol. The van der Waals surface area contributed by atoms with Crippen molar-refractivity contribution in [2.45, 2.75) is 45.1 Å². The average Bonchev–Trinajstić information content (AvgIpc) is 2.49. The summed E-state index contributed by atoms with van der Waals surface area (Å²) >= 11 is 0. The van der Waals surface area contributed by atoms with Gasteiger partial charge in [-0.15, -0.1) is 0 Å². The zero-order valence-electron chi connectivity index (χ0n) is 10.8. The summed E-state index contributed by atoms with van der Waals surface area (Å²) in [5.41, 5.74) is 3.23. The fourth-order valence-electron chi connectivity index (χ4n) is 2.51. The third-order valence-electron chi connectivity index (χ3n) is 3.67. The van der Waals surface area contributed by atoms with Crippen LogP contribution in [0.5, 0.6) is 0 Å². The average molecular weight is 234 g/mol. The van der Waals surface area contributed by atoms with Gasteiger partial charge in [-0.1, -0.05) is 23.8 Å². The third kappa shape index (κ3) is 3.30. The molecule has 0 amide bonds. The molecule has 1 fully saturated rings. The number of hydrogen-bond acceptors (Lipinski definition) is 2. The lowest BCUT2D eigenvalue weighted by molar-refractivity contribution is 0.0187. The Balaban J connectivity index is 2.15. The van der Waals surface area contributed by atoms with E-state index < -0.39 is 5.60 Å². The molecule has 0 spiro atoms. The quantitative estimate of drug-likeness (QED) is 0.852. The van der Waals surface area contributed by atoms with Crippen molar-refractivity contribution in [3.8, 4) is 0 Å². The molecular weight excluding hydrogens is 212 g/mol. The Morgan fingerprint density at radius 3 is 2.88 bits per heavy atom. The van der Waals surface area contributed by atoms with Crippen LogP contribution in [0.3, 0.4) is 0 Å². The minimum Gasteiger partial charge on any atom is -0.389 e. The molecule has 1 saturated heterocycles. The SMILES string of the molecule is Cc1ccc(C)c(CC2(O)CCCOCC2)c1. The second-order valence-electron chi connectivity index (χ2n) is 5.30. The van der Waals surface area contributed by atoms with Crippen LogP contribution in [0, 0.1) is 13.8 Å². The molecular formula is C15H22O2. The molecule has 0 aromatic heterocycles. The Hall–Kier alpha value is -0.860. The van der Waals surface area contributed by atoms with Gasteiger partial charge < -0.3 is 9.84 Å². The van der Waals surface area contributed by atoms with Crippen molar-refractivity contribution in [1.82, 2.24) is 0 Å². The number of benzene rings is 1. The minimum atomic E-state index is -0.574. The molecule has 1 N–H and O–H groups in total. The van der Waals surface area contributed by atoms with E-state index in [1.165, 1.54) is 16.7 Å². The van der Waals surface area contributed by atoms with Gasteiger partial charge in [0.25, 0.3) is 0 Å². The van der Waals surface area contributed by atoms with Crippen molar-refractivity contribution < 1.29 is 9.84 Å². The van der Waals surface area contributed by atoms with Gasteiger partial charge in [0.1, 0.15) is 0 Å². The van der Waals surface area contributed by atoms with Crippen LogP contribution in [0.1, 0.15) is 36.0 Å². The summed E-state index contributed by atoms with van der Waals surface area (Å²) in [7, 11) is 0. The first kappa shape index (κ1) is 12.6. The number of aryl methyl sites for hydroxylation is 2. The topological polar surface area (TPSA) is 29.5 Å². The summed E-state index contributed by atoms with van der Waals surface area (Å²) in [6.07, 6.45) is 3.31. The van der Waals surface area contributed by atoms with Crippen LogP contribution in [-0.4, -0.2) is 23.9 Å². The summed E-state index contributed by atoms with van der Waals surface area (Å²) in [4.78, 5) is 0. The zero-order valence-corrected chi connectivity index (χ0v) is 10.8. The van der Waals surface area contributed by atoms with Crippen LogP contribution in [0.25, 0.3) is 0 Å². The van der Waals surface area contributed by atoms with Crippen LogP contribution < -0.4 is 0 Å². The van der Waals surface area contributed by atoms with Gasteiger partial charge >= 0.3 is 0 Å². The predicted octanol–water partition coefficient (Wildman–Crippen LogP) is 2.78. The van der Waals surface area contributed by atoms with Crippen molar-refractivity contribution in [3.63, 3.8) is 0 Å². The van der Waals surface area contributed by atoms with Gasteiger partial charge in [-0.25, -0.2) is 0 Å². The van der Waals surface area contributed by atoms with Gasteiger partial charge in [-0.05, 0) is 44.2 Å². The lowest BCUT2D eigenvalue weighted by Gasteiger charge is -2.27. The van der Waals surface area contributed by atoms with Crippen molar-refractivity contribution in [2.24, 2.45) is 0 Å². The van der Waals surface area contributed by atoms with Gasteiger partial charge in [-0.3, -0.25) is 0 Å². The highest BCUT2D eigenvalue weighted by atomic mass is 16.5. The second kappa shape index (κ2) is 5.19. The van der Waals surface area contributed by atoms with Gasteiger partial charge in [0.05, 0.1) is 5.60 Å². The van der Waals surface area contributed by atoms with Gasteiger partial charge in [0, 0.05) is 19.6 Å². The van der Waals surface area contributed by atoms with E-state index in [1.54, 1.807) is 0 Å². The first-order valence-electron chi connectivity index (χ1n) is 6.45. The van der Waals surface area contributed by atoms with Gasteiger partial charge in [0.2, 0.25) is 0 Å². The summed E-state index contributed by atoms with van der Waals surface area (Å²) < 4.78 is 5.42. The molecule has 2 rings (SSSR count). The van der Waals surface area contributed by atoms with Crippen molar-refractivity contribution in [1.29, 1.82) is 0 Å². The zero-order chi connectivity index (χ0) is 12.3. The molecule has 2 heteroatoms. The molecule has 2 nitrogen and oxygen atoms in total. The molecule has 1 heterocycles. The first-order chi connectivity index (χ1) is 8.09. The molecule has 1 aromatic rings. The van der Waals surface area contributed by atoms with Crippen molar-refractivity contribution >= 4 is 0 Å². The summed E-state index contributed by atoms with van der Waals surface area (Å²) in [6.45, 7) is 5.69. The van der Waals surface area contributed by atoms with Crippen LogP contribution >= 0.6 is 0 Å². The second-order valence-corrected chi connectivity index (χ2v) is 5.30. The summed E-state index contributed by atoms with van der Waals surface area (Å²) in [5, 5.41) is 10.6. The molecule has 0 saturated carbocycles. The molecule has 1 aliphatic rings. The highest BCUT2D eigenvalue weighted by Gasteiger charge is 2.29. The molecule has 0 radical (unpaired) electrons. The highest BCUT2D eigenvalue weighted by Crippen LogP contribution is 2.27. The lowest BCUT2D eigenvalue weighted by Crippen LogP contribution is -2.32. The number of ether oxygens (including phenoxy) is 1. The molecule has 17 heavy (non-hydrogen) atoms. The smallest absolute Gasteiger partial charge is 0.0710 e. The molecule has 1 atom stereocenters. The van der Waals surface area contributed by atoms with E-state index in [4.69, 9.17) is 4.74 Å². The van der Waals surface area contributed by atoms with Crippen LogP contribution in [-0.2, 0) is 11.2 Å². The highest BCUT2D eigenvalue weighted by molar-refractivity contribution is 5.31. The normalized spacial score (nSPS) is 25.6. The molecule has 94 valence electrons. The number of rotatable bonds is 2. The van der Waals surface area contributed by atoms with E-state index in [0.29, 0.717) is 6.61 Å². The van der Waals surface area contributed by atoms with E-state index in [0.717, 1.165) is 32.3 Å². The van der Waals surface area contributed by atoms with Crippen LogP contribution in [0.4, 0.5) is 0 Å². The largest absolute Gasteiger partial charge is 0.389 e. The standard InChI is InChI=1S/C15H22O2/c1-12-4-5-13(2)14(10-12)11-15(16)6-3-8-17-9-7-15/h4-5,10,16H,3,6-9,11H2,1-2H3. The molecule has 1 aromatic carbocycles. The fourth-order valence-corrected chi connectivity index (χ4v) is 2.51. The Labute approximate surface area is 104 Å². The maximum atomic E-state index is 10.6. The number of hydrogen-bond donors (Lipinski definition) is 1. The molecule has 0 bridgehead atoms. The van der Waals surface area contributed by atoms with Crippen LogP contribution in [0.2, 0.25) is 0 Å². The number of aliphatic hydroxyl groups is 1. The summed E-state index contributed by atoms with van der Waals surface area (Å²) in [5.74, 6) is 0. The van der Waals surface area contributed by atoms with E-state index in [1.807, 2.05) is 0 Å². The molecule has 1 unspecified atom stereocenters. The van der Waals surface area contributed by atoms with Gasteiger partial charge in [-0.2, -0.15) is 0 Å². The summed E-state index contributed by atoms with van der Waals surface area (Å²) in [6, 6.07) is 6.46. The lowest BCUT2D eigenvalue weighted by atomic mass is 9.86. The Morgan fingerprint density at radius 2 is 2.06 bits per heavy atom. The maximum absolute atomic E-state index is 10.6. The van der Waals surface area contributed by atoms with E-state index in [2.05, 4.69) is 32.0 Å².